The number of benzene rings is 3. The number of carbonyl (C=O) groups excluding carboxylic acids is 1. The summed E-state index contributed by atoms with van der Waals surface area (Å²) < 4.78 is 80.7. The van der Waals surface area contributed by atoms with Crippen LogP contribution in [0, 0.1) is 11.8 Å². The van der Waals surface area contributed by atoms with E-state index in [1.165, 1.54) is 24.3 Å². The van der Waals surface area contributed by atoms with Gasteiger partial charge in [0.15, 0.2) is 0 Å². The van der Waals surface area contributed by atoms with Gasteiger partial charge in [0.1, 0.15) is 5.69 Å². The van der Waals surface area contributed by atoms with Crippen molar-refractivity contribution in [2.75, 3.05) is 0 Å². The number of nitrogens with zero attached hydrogens (tertiary/aromatic N) is 1. The van der Waals surface area contributed by atoms with E-state index in [4.69, 9.17) is 0 Å². The minimum atomic E-state index is -4.45. The molecule has 9 heteroatoms. The summed E-state index contributed by atoms with van der Waals surface area (Å²) in [6.45, 7) is 0.148. The molecule has 6 rings (SSSR count). The van der Waals surface area contributed by atoms with Gasteiger partial charge in [0, 0.05) is 12.7 Å². The number of nitrogens with one attached hydrogen (secondary N) is 1. The van der Waals surface area contributed by atoms with Gasteiger partial charge in [0.05, 0.1) is 11.1 Å². The Balaban J connectivity index is 1.51. The van der Waals surface area contributed by atoms with Gasteiger partial charge >= 0.3 is 12.4 Å². The molecule has 2 saturated carbocycles. The second-order valence-corrected chi connectivity index (χ2v) is 13.8. The van der Waals surface area contributed by atoms with Gasteiger partial charge in [-0.25, -0.2) is 0 Å². The molecule has 0 aliphatic heterocycles. The maximum atomic E-state index is 13.5. The number of aromatic nitrogens is 1. The predicted molar refractivity (Wildman–Crippen MR) is 194 cm³/mol. The van der Waals surface area contributed by atoms with E-state index in [0.717, 1.165) is 116 Å². The van der Waals surface area contributed by atoms with Crippen LogP contribution < -0.4 is 5.32 Å². The molecule has 52 heavy (non-hydrogen) atoms. The fourth-order valence-electron chi connectivity index (χ4n) is 7.63. The molecule has 3 nitrogen and oxygen atoms in total. The van der Waals surface area contributed by atoms with Gasteiger partial charge in [-0.15, -0.1) is 0 Å². The van der Waals surface area contributed by atoms with Crippen LogP contribution in [0.4, 0.5) is 26.3 Å². The normalized spacial score (nSPS) is 16.9. The summed E-state index contributed by atoms with van der Waals surface area (Å²) >= 11 is 0. The molecule has 3 aromatic carbocycles. The number of halogens is 6. The standard InChI is InChI=1S/C43H42F6N2O/c44-42(45,46)33-21-17-29(18-22-33)26-37(31-10-3-1-4-11-31)35-14-9-15-36(39(35)28-51-41(52)40-16-7-8-25-50-40)38(32-12-5-2-6-13-32)27-30-19-23-34(24-20-30)43(47,48)49/h7-9,14-27,31-32H,1-6,10-13,28H2,(H,51,52)/b37-26+,38-27+. The van der Waals surface area contributed by atoms with Crippen LogP contribution in [0.3, 0.4) is 0 Å². The van der Waals surface area contributed by atoms with Crippen molar-refractivity contribution in [3.63, 3.8) is 0 Å². The third kappa shape index (κ3) is 9.22. The van der Waals surface area contributed by atoms with Gasteiger partial charge in [-0.3, -0.25) is 9.78 Å². The van der Waals surface area contributed by atoms with Crippen molar-refractivity contribution in [3.8, 4) is 0 Å². The molecule has 1 heterocycles. The Morgan fingerprint density at radius 1 is 0.615 bits per heavy atom. The summed E-state index contributed by atoms with van der Waals surface area (Å²) in [5.74, 6) is -0.0552. The van der Waals surface area contributed by atoms with Gasteiger partial charge in [-0.1, -0.05) is 99.2 Å². The monoisotopic (exact) mass is 716 g/mol. The maximum absolute atomic E-state index is 13.5. The lowest BCUT2D eigenvalue weighted by Gasteiger charge is -2.30. The third-order valence-electron chi connectivity index (χ3n) is 10.3. The molecule has 0 saturated heterocycles. The first-order valence-electron chi connectivity index (χ1n) is 18.1. The summed E-state index contributed by atoms with van der Waals surface area (Å²) in [6.07, 6.45) is 6.66. The molecular weight excluding hydrogens is 674 g/mol. The minimum Gasteiger partial charge on any atom is -0.347 e. The molecule has 0 unspecified atom stereocenters. The Labute approximate surface area is 300 Å². The van der Waals surface area contributed by atoms with Crippen molar-refractivity contribution >= 4 is 29.2 Å². The summed E-state index contributed by atoms with van der Waals surface area (Å²) in [6, 6.07) is 21.5. The molecule has 0 bridgehead atoms. The van der Waals surface area contributed by atoms with Crippen molar-refractivity contribution in [1.82, 2.24) is 10.3 Å². The number of amides is 1. The molecule has 0 spiro atoms. The van der Waals surface area contributed by atoms with Crippen molar-refractivity contribution < 1.29 is 31.1 Å². The fourth-order valence-corrected chi connectivity index (χ4v) is 7.63. The van der Waals surface area contributed by atoms with Crippen LogP contribution in [-0.2, 0) is 18.9 Å². The number of allylic oxidation sites excluding steroid dienone is 2. The zero-order valence-corrected chi connectivity index (χ0v) is 28.9. The van der Waals surface area contributed by atoms with Crippen molar-refractivity contribution in [1.29, 1.82) is 0 Å². The van der Waals surface area contributed by atoms with Gasteiger partial charge in [0.25, 0.3) is 5.91 Å². The average molecular weight is 717 g/mol. The lowest BCUT2D eigenvalue weighted by atomic mass is 9.75. The summed E-state index contributed by atoms with van der Waals surface area (Å²) in [7, 11) is 0. The Hall–Kier alpha value is -4.66. The first-order valence-corrected chi connectivity index (χ1v) is 18.1. The number of hydrogen-bond donors (Lipinski definition) is 1. The number of pyridine rings is 1. The van der Waals surface area contributed by atoms with Crippen LogP contribution in [0.1, 0.15) is 114 Å². The van der Waals surface area contributed by atoms with E-state index in [1.54, 1.807) is 24.4 Å². The topological polar surface area (TPSA) is 42.0 Å². The summed E-state index contributed by atoms with van der Waals surface area (Å²) in [5, 5.41) is 3.08. The zero-order chi connectivity index (χ0) is 36.7. The molecule has 4 aromatic rings. The van der Waals surface area contributed by atoms with E-state index in [2.05, 4.69) is 10.3 Å². The van der Waals surface area contributed by atoms with Gasteiger partial charge < -0.3 is 5.32 Å². The zero-order valence-electron chi connectivity index (χ0n) is 28.9. The highest BCUT2D eigenvalue weighted by molar-refractivity contribution is 5.93. The molecule has 2 aliphatic rings. The first kappa shape index (κ1) is 37.1. The Bertz CT molecular complexity index is 1760. The Kier molecular flexibility index (Phi) is 11.7. The second-order valence-electron chi connectivity index (χ2n) is 13.8. The third-order valence-corrected chi connectivity index (χ3v) is 10.3. The van der Waals surface area contributed by atoms with E-state index in [0.29, 0.717) is 11.1 Å². The Morgan fingerprint density at radius 3 is 1.48 bits per heavy atom. The van der Waals surface area contributed by atoms with Crippen LogP contribution in [-0.4, -0.2) is 10.9 Å². The Morgan fingerprint density at radius 2 is 1.08 bits per heavy atom. The molecule has 1 amide bonds. The lowest BCUT2D eigenvalue weighted by molar-refractivity contribution is -0.138. The molecule has 0 radical (unpaired) electrons. The highest BCUT2D eigenvalue weighted by Crippen LogP contribution is 2.43. The summed E-state index contributed by atoms with van der Waals surface area (Å²) in [5.41, 5.74) is 4.80. The first-order chi connectivity index (χ1) is 25.0. The number of carbonyl (C=O) groups is 1. The highest BCUT2D eigenvalue weighted by atomic mass is 19.4. The van der Waals surface area contributed by atoms with E-state index in [-0.39, 0.29) is 30.0 Å². The van der Waals surface area contributed by atoms with E-state index in [1.807, 2.05) is 30.4 Å². The molecule has 272 valence electrons. The molecule has 1 aromatic heterocycles. The van der Waals surface area contributed by atoms with Gasteiger partial charge in [-0.2, -0.15) is 26.3 Å². The minimum absolute atomic E-state index is 0.147. The predicted octanol–water partition coefficient (Wildman–Crippen LogP) is 12.3. The van der Waals surface area contributed by atoms with Gasteiger partial charge in [-0.05, 0) is 113 Å². The number of alkyl halides is 6. The van der Waals surface area contributed by atoms with Crippen LogP contribution in [0.15, 0.2) is 91.1 Å². The maximum Gasteiger partial charge on any atom is 0.416 e. The molecule has 1 N–H and O–H groups in total. The van der Waals surface area contributed by atoms with E-state index in [9.17, 15) is 31.1 Å². The number of hydrogen-bond acceptors (Lipinski definition) is 2. The van der Waals surface area contributed by atoms with Crippen LogP contribution >= 0.6 is 0 Å². The fraction of sp³-hybridized carbons (Fsp3) is 0.349. The van der Waals surface area contributed by atoms with Crippen molar-refractivity contribution in [2.24, 2.45) is 11.8 Å². The van der Waals surface area contributed by atoms with Crippen molar-refractivity contribution in [3.05, 3.63) is 136 Å². The molecule has 2 aliphatic carbocycles. The molecular formula is C43H42F6N2O. The van der Waals surface area contributed by atoms with Crippen molar-refractivity contribution in [2.45, 2.75) is 83.1 Å². The second kappa shape index (κ2) is 16.3. The smallest absolute Gasteiger partial charge is 0.347 e. The van der Waals surface area contributed by atoms with Gasteiger partial charge in [0.2, 0.25) is 0 Å². The number of rotatable bonds is 9. The molecule has 0 atom stereocenters. The molecule has 2 fully saturated rings. The van der Waals surface area contributed by atoms with Crippen LogP contribution in [0.2, 0.25) is 0 Å². The largest absolute Gasteiger partial charge is 0.416 e. The van der Waals surface area contributed by atoms with E-state index >= 15 is 0 Å². The van der Waals surface area contributed by atoms with Crippen LogP contribution in [0.5, 0.6) is 0 Å². The van der Waals surface area contributed by atoms with Crippen LogP contribution in [0.25, 0.3) is 23.3 Å². The lowest BCUT2D eigenvalue weighted by Crippen LogP contribution is -2.25. The summed E-state index contributed by atoms with van der Waals surface area (Å²) in [4.78, 5) is 17.6. The SMILES string of the molecule is O=C(NCc1c(/C(=C/c2ccc(C(F)(F)F)cc2)C2CCCCC2)cccc1/C(=C/c1ccc(C(F)(F)F)cc1)C1CCCCC1)c1ccccn1. The average Bonchev–Trinajstić information content (AvgIpc) is 3.16. The van der Waals surface area contributed by atoms with E-state index < -0.39 is 23.5 Å². The quantitative estimate of drug-likeness (QED) is 0.138. The highest BCUT2D eigenvalue weighted by Gasteiger charge is 2.31.